The van der Waals surface area contributed by atoms with Crippen molar-refractivity contribution in [2.75, 3.05) is 18.0 Å². The molecule has 186 valence electrons. The Balaban J connectivity index is 1.99. The minimum atomic E-state index is -4.80. The molecule has 2 aromatic rings. The summed E-state index contributed by atoms with van der Waals surface area (Å²) in [6.07, 6.45) is -9.03. The molecule has 0 spiro atoms. The quantitative estimate of drug-likeness (QED) is 0.330. The van der Waals surface area contributed by atoms with Crippen LogP contribution in [0.2, 0.25) is 15.1 Å². The second kappa shape index (κ2) is 9.62. The van der Waals surface area contributed by atoms with Crippen molar-refractivity contribution in [3.63, 3.8) is 0 Å². The molecule has 3 rings (SSSR count). The van der Waals surface area contributed by atoms with E-state index in [0.29, 0.717) is 6.07 Å². The molecule has 0 aliphatic carbocycles. The first-order chi connectivity index (χ1) is 15.7. The van der Waals surface area contributed by atoms with Crippen LogP contribution in [-0.2, 0) is 22.9 Å². The minimum Gasteiger partial charge on any atom is -0.355 e. The van der Waals surface area contributed by atoms with Crippen molar-refractivity contribution in [2.45, 2.75) is 44.1 Å². The lowest BCUT2D eigenvalue weighted by molar-refractivity contribution is -0.184. The van der Waals surface area contributed by atoms with Gasteiger partial charge in [-0.15, -0.1) is 0 Å². The fraction of sp³-hybridized carbons (Fsp3) is 0.429. The summed E-state index contributed by atoms with van der Waals surface area (Å²) in [5.41, 5.74) is -4.07. The number of nitrogens with one attached hydrogen (secondary N) is 1. The largest absolute Gasteiger partial charge is 0.416 e. The highest BCUT2D eigenvalue weighted by Gasteiger charge is 2.59. The Kier molecular flexibility index (Phi) is 7.55. The standard InChI is InChI=1S/C21H18Cl3F6N3O/c1-2-17(34)32-9-11-8-31-16(7-13(11)20(25,26)27)33-4-3-19(10-33,21(28,29)30)12-5-14(22)18(24)15(23)6-12/h5-8H,2-4,9-10H2,1H3,(H,32,34). The maximum absolute atomic E-state index is 14.3. The molecule has 0 bridgehead atoms. The van der Waals surface area contributed by atoms with Gasteiger partial charge in [-0.25, -0.2) is 4.98 Å². The molecule has 1 unspecified atom stereocenters. The molecule has 1 fully saturated rings. The van der Waals surface area contributed by atoms with Gasteiger partial charge in [-0.05, 0) is 30.2 Å². The molecule has 1 saturated heterocycles. The average Bonchev–Trinajstić information content (AvgIpc) is 3.21. The number of hydrogen-bond donors (Lipinski definition) is 1. The van der Waals surface area contributed by atoms with Gasteiger partial charge in [0.25, 0.3) is 0 Å². The summed E-state index contributed by atoms with van der Waals surface area (Å²) in [5, 5.41) is 1.92. The minimum absolute atomic E-state index is 0.0822. The van der Waals surface area contributed by atoms with Gasteiger partial charge >= 0.3 is 12.4 Å². The predicted octanol–water partition coefficient (Wildman–Crippen LogP) is 6.80. The maximum atomic E-state index is 14.3. The Morgan fingerprint density at radius 1 is 1.12 bits per heavy atom. The van der Waals surface area contributed by atoms with Crippen molar-refractivity contribution in [3.8, 4) is 0 Å². The van der Waals surface area contributed by atoms with E-state index in [0.717, 1.165) is 23.2 Å². The molecule has 1 aliphatic rings. The van der Waals surface area contributed by atoms with Gasteiger partial charge in [-0.1, -0.05) is 41.7 Å². The molecule has 34 heavy (non-hydrogen) atoms. The van der Waals surface area contributed by atoms with Crippen LogP contribution in [0, 0.1) is 0 Å². The highest BCUT2D eigenvalue weighted by molar-refractivity contribution is 6.48. The molecule has 2 heterocycles. The summed E-state index contributed by atoms with van der Waals surface area (Å²) in [7, 11) is 0. The Morgan fingerprint density at radius 3 is 2.26 bits per heavy atom. The number of carbonyl (C=O) groups is 1. The van der Waals surface area contributed by atoms with Gasteiger partial charge in [0.2, 0.25) is 5.91 Å². The SMILES string of the molecule is CCC(=O)NCc1cnc(N2CCC(c3cc(Cl)c(Cl)c(Cl)c3)(C(F)(F)F)C2)cc1C(F)(F)F. The van der Waals surface area contributed by atoms with Crippen molar-refractivity contribution in [3.05, 3.63) is 56.2 Å². The lowest BCUT2D eigenvalue weighted by Gasteiger charge is -2.33. The summed E-state index contributed by atoms with van der Waals surface area (Å²) in [4.78, 5) is 16.5. The summed E-state index contributed by atoms with van der Waals surface area (Å²) in [6, 6.07) is 2.84. The molecule has 1 amide bonds. The normalized spacial score (nSPS) is 18.9. The zero-order chi connectivity index (χ0) is 25.5. The van der Waals surface area contributed by atoms with Crippen LogP contribution in [0.15, 0.2) is 24.4 Å². The monoisotopic (exact) mass is 547 g/mol. The number of anilines is 1. The fourth-order valence-electron chi connectivity index (χ4n) is 3.84. The van der Waals surface area contributed by atoms with Crippen LogP contribution in [0.4, 0.5) is 32.2 Å². The highest BCUT2D eigenvalue weighted by Crippen LogP contribution is 2.50. The third kappa shape index (κ3) is 5.18. The molecule has 1 aromatic carbocycles. The molecular weight excluding hydrogens is 531 g/mol. The van der Waals surface area contributed by atoms with E-state index in [2.05, 4.69) is 10.3 Å². The molecule has 1 aromatic heterocycles. The highest BCUT2D eigenvalue weighted by atomic mass is 35.5. The number of halogens is 9. The second-order valence-corrected chi connectivity index (χ2v) is 9.03. The summed E-state index contributed by atoms with van der Waals surface area (Å²) < 4.78 is 84.0. The Morgan fingerprint density at radius 2 is 1.74 bits per heavy atom. The van der Waals surface area contributed by atoms with Gasteiger partial charge in [0.1, 0.15) is 11.2 Å². The van der Waals surface area contributed by atoms with Crippen LogP contribution < -0.4 is 10.2 Å². The number of benzene rings is 1. The molecule has 1 aliphatic heterocycles. The molecule has 4 nitrogen and oxygen atoms in total. The summed E-state index contributed by atoms with van der Waals surface area (Å²) >= 11 is 17.8. The zero-order valence-electron chi connectivity index (χ0n) is 17.5. The van der Waals surface area contributed by atoms with Gasteiger partial charge in [-0.2, -0.15) is 26.3 Å². The number of nitrogens with zero attached hydrogens (tertiary/aromatic N) is 2. The second-order valence-electron chi connectivity index (χ2n) is 7.83. The zero-order valence-corrected chi connectivity index (χ0v) is 19.8. The van der Waals surface area contributed by atoms with E-state index in [1.165, 1.54) is 0 Å². The van der Waals surface area contributed by atoms with Gasteiger partial charge in [0, 0.05) is 37.8 Å². The molecular formula is C21H18Cl3F6N3O. The van der Waals surface area contributed by atoms with Crippen LogP contribution in [0.3, 0.4) is 0 Å². The molecule has 1 N–H and O–H groups in total. The number of alkyl halides is 6. The Bertz CT molecular complexity index is 1070. The van der Waals surface area contributed by atoms with Crippen LogP contribution >= 0.6 is 34.8 Å². The number of carbonyl (C=O) groups excluding carboxylic acids is 1. The third-order valence-electron chi connectivity index (χ3n) is 5.75. The lowest BCUT2D eigenvalue weighted by atomic mass is 9.79. The van der Waals surface area contributed by atoms with Gasteiger partial charge in [-0.3, -0.25) is 4.79 Å². The lowest BCUT2D eigenvalue weighted by Crippen LogP contribution is -2.45. The van der Waals surface area contributed by atoms with Crippen molar-refractivity contribution in [2.24, 2.45) is 0 Å². The van der Waals surface area contributed by atoms with Crippen LogP contribution in [0.1, 0.15) is 36.5 Å². The Hall–Kier alpha value is -1.91. The number of rotatable bonds is 5. The average molecular weight is 549 g/mol. The van der Waals surface area contributed by atoms with Crippen LogP contribution in [0.25, 0.3) is 0 Å². The van der Waals surface area contributed by atoms with Crippen molar-refractivity contribution < 1.29 is 31.1 Å². The molecule has 0 saturated carbocycles. The first kappa shape index (κ1) is 26.7. The molecule has 13 heteroatoms. The van der Waals surface area contributed by atoms with E-state index >= 15 is 0 Å². The van der Waals surface area contributed by atoms with E-state index in [1.54, 1.807) is 6.92 Å². The number of amides is 1. The van der Waals surface area contributed by atoms with E-state index in [-0.39, 0.29) is 45.0 Å². The first-order valence-corrected chi connectivity index (χ1v) is 11.1. The summed E-state index contributed by atoms with van der Waals surface area (Å²) in [5.74, 6) is -0.720. The third-order valence-corrected chi connectivity index (χ3v) is 6.94. The Labute approximate surface area is 206 Å². The fourth-order valence-corrected chi connectivity index (χ4v) is 4.43. The first-order valence-electron chi connectivity index (χ1n) is 9.99. The molecule has 0 radical (unpaired) electrons. The number of aromatic nitrogens is 1. The van der Waals surface area contributed by atoms with Crippen LogP contribution in [-0.4, -0.2) is 30.2 Å². The maximum Gasteiger partial charge on any atom is 0.416 e. The van der Waals surface area contributed by atoms with E-state index < -0.39 is 48.7 Å². The van der Waals surface area contributed by atoms with Crippen molar-refractivity contribution >= 4 is 46.5 Å². The van der Waals surface area contributed by atoms with Gasteiger partial charge < -0.3 is 10.2 Å². The topological polar surface area (TPSA) is 45.2 Å². The van der Waals surface area contributed by atoms with Gasteiger partial charge in [0.05, 0.1) is 20.6 Å². The van der Waals surface area contributed by atoms with Gasteiger partial charge in [0.15, 0.2) is 0 Å². The number of pyridine rings is 1. The predicted molar refractivity (Wildman–Crippen MR) is 117 cm³/mol. The van der Waals surface area contributed by atoms with Crippen molar-refractivity contribution in [1.29, 1.82) is 0 Å². The van der Waals surface area contributed by atoms with E-state index in [1.807, 2.05) is 0 Å². The summed E-state index contributed by atoms with van der Waals surface area (Å²) in [6.45, 7) is 0.223. The smallest absolute Gasteiger partial charge is 0.355 e. The van der Waals surface area contributed by atoms with E-state index in [4.69, 9.17) is 34.8 Å². The van der Waals surface area contributed by atoms with Crippen LogP contribution in [0.5, 0.6) is 0 Å². The van der Waals surface area contributed by atoms with Crippen molar-refractivity contribution in [1.82, 2.24) is 10.3 Å². The van der Waals surface area contributed by atoms with E-state index in [9.17, 15) is 31.1 Å². The molecule has 1 atom stereocenters. The number of hydrogen-bond acceptors (Lipinski definition) is 3.